The molecule has 0 radical (unpaired) electrons. The van der Waals surface area contributed by atoms with Crippen molar-refractivity contribution in [1.82, 2.24) is 4.98 Å². The van der Waals surface area contributed by atoms with E-state index >= 15 is 0 Å². The van der Waals surface area contributed by atoms with Crippen molar-refractivity contribution in [3.8, 4) is 17.2 Å². The molecule has 0 bridgehead atoms. The van der Waals surface area contributed by atoms with Crippen LogP contribution in [0.5, 0.6) is 5.75 Å². The van der Waals surface area contributed by atoms with E-state index in [4.69, 9.17) is 4.42 Å². The number of aromatic hydroxyl groups is 1. The number of hydrogen-bond acceptors (Lipinski definition) is 4. The van der Waals surface area contributed by atoms with Crippen LogP contribution >= 0.6 is 15.9 Å². The molecule has 0 atom stereocenters. The van der Waals surface area contributed by atoms with Crippen molar-refractivity contribution >= 4 is 38.6 Å². The summed E-state index contributed by atoms with van der Waals surface area (Å²) in [6.07, 6.45) is 0. The number of carbonyl (C=O) groups is 1. The van der Waals surface area contributed by atoms with Crippen LogP contribution in [0, 0.1) is 6.92 Å². The van der Waals surface area contributed by atoms with E-state index in [-0.39, 0.29) is 11.7 Å². The second-order valence-electron chi connectivity index (χ2n) is 6.16. The van der Waals surface area contributed by atoms with Crippen molar-refractivity contribution < 1.29 is 14.3 Å². The minimum absolute atomic E-state index is 0.0248. The van der Waals surface area contributed by atoms with Gasteiger partial charge >= 0.3 is 0 Å². The number of phenolic OH excluding ortho intramolecular Hbond substituents is 1. The van der Waals surface area contributed by atoms with Crippen molar-refractivity contribution in [3.05, 3.63) is 76.3 Å². The van der Waals surface area contributed by atoms with Crippen molar-refractivity contribution in [1.29, 1.82) is 0 Å². The van der Waals surface area contributed by atoms with Crippen molar-refractivity contribution in [2.24, 2.45) is 0 Å². The molecule has 0 fully saturated rings. The van der Waals surface area contributed by atoms with Crippen LogP contribution in [0.2, 0.25) is 0 Å². The first kappa shape index (κ1) is 17.3. The van der Waals surface area contributed by atoms with Crippen LogP contribution < -0.4 is 5.32 Å². The summed E-state index contributed by atoms with van der Waals surface area (Å²) in [6.45, 7) is 1.98. The van der Waals surface area contributed by atoms with Crippen LogP contribution in [0.3, 0.4) is 0 Å². The molecule has 27 heavy (non-hydrogen) atoms. The fourth-order valence-corrected chi connectivity index (χ4v) is 3.25. The molecule has 5 nitrogen and oxygen atoms in total. The molecule has 0 saturated carbocycles. The van der Waals surface area contributed by atoms with E-state index < -0.39 is 0 Å². The molecule has 4 rings (SSSR count). The highest BCUT2D eigenvalue weighted by Crippen LogP contribution is 2.33. The summed E-state index contributed by atoms with van der Waals surface area (Å²) < 4.78 is 6.43. The van der Waals surface area contributed by atoms with Gasteiger partial charge in [0.1, 0.15) is 11.3 Å². The lowest BCUT2D eigenvalue weighted by Crippen LogP contribution is -2.12. The molecule has 1 heterocycles. The normalized spacial score (nSPS) is 10.9. The van der Waals surface area contributed by atoms with Gasteiger partial charge in [-0.25, -0.2) is 4.98 Å². The molecule has 0 unspecified atom stereocenters. The molecule has 1 amide bonds. The number of nitrogens with one attached hydrogen (secondary N) is 1. The number of anilines is 1. The van der Waals surface area contributed by atoms with E-state index in [1.54, 1.807) is 30.3 Å². The molecule has 6 heteroatoms. The average molecular weight is 423 g/mol. The standard InChI is InChI=1S/C21H15BrN2O3/c1-12-6-9-19-17(10-12)24-21(27-19)15-8-7-13(11-18(15)25)23-20(26)14-4-2-3-5-16(14)22/h2-11,25H,1H3,(H,23,26). The molecule has 3 aromatic carbocycles. The maximum absolute atomic E-state index is 12.4. The van der Waals surface area contributed by atoms with Gasteiger partial charge in [-0.1, -0.05) is 18.2 Å². The summed E-state index contributed by atoms with van der Waals surface area (Å²) in [5, 5.41) is 13.2. The van der Waals surface area contributed by atoms with Crippen molar-refractivity contribution in [2.45, 2.75) is 6.92 Å². The highest BCUT2D eigenvalue weighted by Gasteiger charge is 2.15. The van der Waals surface area contributed by atoms with Crippen LogP contribution in [0.25, 0.3) is 22.6 Å². The lowest BCUT2D eigenvalue weighted by Gasteiger charge is -2.08. The summed E-state index contributed by atoms with van der Waals surface area (Å²) in [5.41, 5.74) is 3.91. The van der Waals surface area contributed by atoms with Gasteiger partial charge in [0.2, 0.25) is 5.89 Å². The molecule has 1 aromatic heterocycles. The fraction of sp³-hybridized carbons (Fsp3) is 0.0476. The van der Waals surface area contributed by atoms with E-state index in [1.807, 2.05) is 31.2 Å². The van der Waals surface area contributed by atoms with Crippen LogP contribution in [-0.4, -0.2) is 16.0 Å². The Labute approximate surface area is 163 Å². The van der Waals surface area contributed by atoms with Gasteiger partial charge in [-0.3, -0.25) is 4.79 Å². The highest BCUT2D eigenvalue weighted by atomic mass is 79.9. The maximum atomic E-state index is 12.4. The minimum atomic E-state index is -0.271. The van der Waals surface area contributed by atoms with E-state index in [1.165, 1.54) is 6.07 Å². The lowest BCUT2D eigenvalue weighted by molar-refractivity contribution is 0.102. The van der Waals surface area contributed by atoms with Crippen LogP contribution in [0.15, 0.2) is 69.6 Å². The van der Waals surface area contributed by atoms with Gasteiger partial charge in [-0.2, -0.15) is 0 Å². The number of hydrogen-bond donors (Lipinski definition) is 2. The number of fused-ring (bicyclic) bond motifs is 1. The van der Waals surface area contributed by atoms with Gasteiger partial charge < -0.3 is 14.8 Å². The number of nitrogens with zero attached hydrogens (tertiary/aromatic N) is 1. The molecular weight excluding hydrogens is 408 g/mol. The summed E-state index contributed by atoms with van der Waals surface area (Å²) in [5.74, 6) is 0.0342. The van der Waals surface area contributed by atoms with E-state index in [0.717, 1.165) is 11.1 Å². The Morgan fingerprint density at radius 1 is 1.11 bits per heavy atom. The smallest absolute Gasteiger partial charge is 0.256 e. The molecule has 0 aliphatic rings. The second-order valence-corrected chi connectivity index (χ2v) is 7.01. The largest absolute Gasteiger partial charge is 0.507 e. The van der Waals surface area contributed by atoms with Gasteiger partial charge in [-0.15, -0.1) is 0 Å². The number of aryl methyl sites for hydroxylation is 1. The van der Waals surface area contributed by atoms with Gasteiger partial charge in [-0.05, 0) is 64.8 Å². The van der Waals surface area contributed by atoms with Gasteiger partial charge in [0.15, 0.2) is 5.58 Å². The van der Waals surface area contributed by atoms with Crippen molar-refractivity contribution in [3.63, 3.8) is 0 Å². The zero-order chi connectivity index (χ0) is 19.0. The number of rotatable bonds is 3. The molecule has 0 aliphatic carbocycles. The Bertz CT molecular complexity index is 1170. The van der Waals surface area contributed by atoms with Gasteiger partial charge in [0, 0.05) is 16.2 Å². The third-order valence-electron chi connectivity index (χ3n) is 4.15. The predicted molar refractivity (Wildman–Crippen MR) is 108 cm³/mol. The van der Waals surface area contributed by atoms with Crippen LogP contribution in [-0.2, 0) is 0 Å². The molecule has 134 valence electrons. The summed E-state index contributed by atoms with van der Waals surface area (Å²) >= 11 is 3.36. The Hall–Kier alpha value is -3.12. The Morgan fingerprint density at radius 3 is 2.70 bits per heavy atom. The molecule has 4 aromatic rings. The topological polar surface area (TPSA) is 75.4 Å². The third-order valence-corrected chi connectivity index (χ3v) is 4.84. The fourth-order valence-electron chi connectivity index (χ4n) is 2.79. The Kier molecular flexibility index (Phi) is 4.41. The summed E-state index contributed by atoms with van der Waals surface area (Å²) in [4.78, 5) is 16.8. The first-order valence-electron chi connectivity index (χ1n) is 8.28. The predicted octanol–water partition coefficient (Wildman–Crippen LogP) is 5.52. The number of halogens is 1. The third kappa shape index (κ3) is 3.44. The van der Waals surface area contributed by atoms with Crippen LogP contribution in [0.1, 0.15) is 15.9 Å². The first-order chi connectivity index (χ1) is 13.0. The SMILES string of the molecule is Cc1ccc2oc(-c3ccc(NC(=O)c4ccccc4Br)cc3O)nc2c1. The molecular formula is C21H15BrN2O3. The molecule has 0 saturated heterocycles. The molecule has 0 aliphatic heterocycles. The number of oxazole rings is 1. The van der Waals surface area contributed by atoms with E-state index in [9.17, 15) is 9.90 Å². The second kappa shape index (κ2) is 6.89. The molecule has 0 spiro atoms. The number of carbonyl (C=O) groups excluding carboxylic acids is 1. The van der Waals surface area contributed by atoms with Gasteiger partial charge in [0.25, 0.3) is 5.91 Å². The monoisotopic (exact) mass is 422 g/mol. The minimum Gasteiger partial charge on any atom is -0.507 e. The van der Waals surface area contributed by atoms with Gasteiger partial charge in [0.05, 0.1) is 11.1 Å². The Morgan fingerprint density at radius 2 is 1.93 bits per heavy atom. The highest BCUT2D eigenvalue weighted by molar-refractivity contribution is 9.10. The maximum Gasteiger partial charge on any atom is 0.256 e. The summed E-state index contributed by atoms with van der Waals surface area (Å²) in [7, 11) is 0. The first-order valence-corrected chi connectivity index (χ1v) is 9.07. The quantitative estimate of drug-likeness (QED) is 0.455. The number of aromatic nitrogens is 1. The number of phenols is 1. The number of amides is 1. The Balaban J connectivity index is 1.62. The lowest BCUT2D eigenvalue weighted by atomic mass is 10.1. The summed E-state index contributed by atoms with van der Waals surface area (Å²) in [6, 6.07) is 17.7. The number of benzene rings is 3. The zero-order valence-corrected chi connectivity index (χ0v) is 15.9. The van der Waals surface area contributed by atoms with E-state index in [2.05, 4.69) is 26.2 Å². The van der Waals surface area contributed by atoms with Crippen LogP contribution in [0.4, 0.5) is 5.69 Å². The average Bonchev–Trinajstić information content (AvgIpc) is 3.04. The zero-order valence-electron chi connectivity index (χ0n) is 14.4. The van der Waals surface area contributed by atoms with E-state index in [0.29, 0.717) is 32.8 Å². The molecule has 2 N–H and O–H groups in total. The van der Waals surface area contributed by atoms with Crippen molar-refractivity contribution in [2.75, 3.05) is 5.32 Å².